The molecule has 0 amide bonds. The molecule has 3 heterocycles. The predicted molar refractivity (Wildman–Crippen MR) is 122 cm³/mol. The first kappa shape index (κ1) is 21.6. The number of hydrogen-bond donors (Lipinski definition) is 0. The lowest BCUT2D eigenvalue weighted by Gasteiger charge is -2.15. The number of aromatic nitrogens is 3. The van der Waals surface area contributed by atoms with Crippen molar-refractivity contribution in [2.75, 3.05) is 19.8 Å². The molecule has 0 saturated carbocycles. The summed E-state index contributed by atoms with van der Waals surface area (Å²) in [5.74, 6) is 0. The van der Waals surface area contributed by atoms with Gasteiger partial charge in [0.2, 0.25) is 12.0 Å². The Hall–Kier alpha value is -1.58. The second-order valence-electron chi connectivity index (χ2n) is 8.82. The summed E-state index contributed by atoms with van der Waals surface area (Å²) in [4.78, 5) is 0. The average Bonchev–Trinajstić information content (AvgIpc) is 3.36. The van der Waals surface area contributed by atoms with Crippen LogP contribution in [0.1, 0.15) is 17.5 Å². The van der Waals surface area contributed by atoms with Crippen LogP contribution in [0.3, 0.4) is 0 Å². The lowest BCUT2D eigenvalue weighted by Crippen LogP contribution is -2.40. The van der Waals surface area contributed by atoms with Crippen LogP contribution in [0.25, 0.3) is 10.9 Å². The summed E-state index contributed by atoms with van der Waals surface area (Å²) in [6.45, 7) is 10.3. The molecule has 1 aromatic carbocycles. The van der Waals surface area contributed by atoms with Crippen LogP contribution in [0.5, 0.6) is 0 Å². The van der Waals surface area contributed by atoms with E-state index in [1.165, 1.54) is 5.56 Å². The summed E-state index contributed by atoms with van der Waals surface area (Å²) in [5.41, 5.74) is 3.26. The van der Waals surface area contributed by atoms with Crippen LogP contribution in [0.2, 0.25) is 25.7 Å². The first-order valence-electron chi connectivity index (χ1n) is 10.3. The summed E-state index contributed by atoms with van der Waals surface area (Å²) in [6, 6.07) is 11.6. The molecule has 1 aliphatic rings. The van der Waals surface area contributed by atoms with E-state index in [9.17, 15) is 0 Å². The van der Waals surface area contributed by atoms with Gasteiger partial charge in [-0.25, -0.2) is 4.68 Å². The van der Waals surface area contributed by atoms with E-state index < -0.39 is 8.07 Å². The molecule has 8 heteroatoms. The van der Waals surface area contributed by atoms with Gasteiger partial charge in [-0.3, -0.25) is 0 Å². The molecule has 3 aromatic rings. The van der Waals surface area contributed by atoms with Gasteiger partial charge in [0, 0.05) is 42.2 Å². The molecule has 160 valence electrons. The third kappa shape index (κ3) is 5.18. The molecule has 6 nitrogen and oxygen atoms in total. The van der Waals surface area contributed by atoms with Gasteiger partial charge in [0.1, 0.15) is 6.73 Å². The Balaban J connectivity index is 1.54. The van der Waals surface area contributed by atoms with E-state index in [0.29, 0.717) is 26.5 Å². The highest BCUT2D eigenvalue weighted by atomic mass is 79.9. The second kappa shape index (κ2) is 9.28. The number of ether oxygens (including phenoxy) is 3. The van der Waals surface area contributed by atoms with Crippen molar-refractivity contribution < 1.29 is 18.8 Å². The SMILES string of the molecule is C[Si](C)(C)CCOCn1ncc2cc(Br)c(C[n+]3ccccc3C3OCCO3)cc21. The maximum absolute atomic E-state index is 5.92. The maximum Gasteiger partial charge on any atom is 0.245 e. The molecule has 0 aliphatic carbocycles. The molecule has 0 atom stereocenters. The lowest BCUT2D eigenvalue weighted by atomic mass is 10.1. The van der Waals surface area contributed by atoms with Crippen LogP contribution >= 0.6 is 15.9 Å². The summed E-state index contributed by atoms with van der Waals surface area (Å²) >= 11 is 3.74. The third-order valence-electron chi connectivity index (χ3n) is 5.20. The van der Waals surface area contributed by atoms with Crippen molar-refractivity contribution in [1.82, 2.24) is 9.78 Å². The Kier molecular flexibility index (Phi) is 6.69. The fourth-order valence-corrected chi connectivity index (χ4v) is 4.70. The zero-order chi connectivity index (χ0) is 21.1. The van der Waals surface area contributed by atoms with Crippen molar-refractivity contribution in [2.45, 2.75) is 45.3 Å². The van der Waals surface area contributed by atoms with E-state index in [1.807, 2.05) is 23.0 Å². The smallest absolute Gasteiger partial charge is 0.245 e. The highest BCUT2D eigenvalue weighted by Crippen LogP contribution is 2.26. The molecule has 1 saturated heterocycles. The molecule has 0 bridgehead atoms. The standard InChI is InChI=1S/C22H29BrN3O3Si/c1-30(2,3)11-10-27-16-26-21-13-18(19(23)12-17(21)14-24-26)15-25-7-5-4-6-20(25)22-28-8-9-29-22/h4-7,12-14,22H,8-11,15-16H2,1-3H3/q+1. The normalized spacial score (nSPS) is 15.3. The number of halogens is 1. The Morgan fingerprint density at radius 3 is 2.80 bits per heavy atom. The van der Waals surface area contributed by atoms with Crippen molar-refractivity contribution in [3.8, 4) is 0 Å². The van der Waals surface area contributed by atoms with Gasteiger partial charge in [-0.15, -0.1) is 0 Å². The average molecular weight is 491 g/mol. The zero-order valence-electron chi connectivity index (χ0n) is 17.8. The molecule has 2 aromatic heterocycles. The minimum atomic E-state index is -1.09. The summed E-state index contributed by atoms with van der Waals surface area (Å²) in [5, 5.41) is 5.63. The van der Waals surface area contributed by atoms with Gasteiger partial charge in [0.05, 0.1) is 24.9 Å². The Labute approximate surface area is 186 Å². The van der Waals surface area contributed by atoms with E-state index >= 15 is 0 Å². The fourth-order valence-electron chi connectivity index (χ4n) is 3.46. The van der Waals surface area contributed by atoms with Gasteiger partial charge in [0.15, 0.2) is 12.7 Å². The van der Waals surface area contributed by atoms with Crippen molar-refractivity contribution in [1.29, 1.82) is 0 Å². The minimum Gasteiger partial charge on any atom is -0.360 e. The predicted octanol–water partition coefficient (Wildman–Crippen LogP) is 4.49. The Bertz CT molecular complexity index is 1010. The largest absolute Gasteiger partial charge is 0.360 e. The molecule has 1 fully saturated rings. The molecule has 0 N–H and O–H groups in total. The lowest BCUT2D eigenvalue weighted by molar-refractivity contribution is -0.702. The molecular formula is C22H29BrN3O3Si+. The van der Waals surface area contributed by atoms with Crippen LogP contribution in [-0.4, -0.2) is 37.7 Å². The topological polar surface area (TPSA) is 49.4 Å². The van der Waals surface area contributed by atoms with Crippen molar-refractivity contribution in [2.24, 2.45) is 0 Å². The number of nitrogens with zero attached hydrogens (tertiary/aromatic N) is 3. The van der Waals surface area contributed by atoms with Crippen LogP contribution < -0.4 is 4.57 Å². The number of fused-ring (bicyclic) bond motifs is 1. The maximum atomic E-state index is 5.92. The molecule has 30 heavy (non-hydrogen) atoms. The van der Waals surface area contributed by atoms with Gasteiger partial charge < -0.3 is 14.2 Å². The molecule has 0 spiro atoms. The van der Waals surface area contributed by atoms with E-state index in [4.69, 9.17) is 14.2 Å². The molecule has 1 aliphatic heterocycles. The summed E-state index contributed by atoms with van der Waals surface area (Å²) in [7, 11) is -1.09. The second-order valence-corrected chi connectivity index (χ2v) is 15.3. The molecule has 4 rings (SSSR count). The third-order valence-corrected chi connectivity index (χ3v) is 7.64. The van der Waals surface area contributed by atoms with Crippen molar-refractivity contribution in [3.05, 3.63) is 58.5 Å². The minimum absolute atomic E-state index is 0.306. The molecular weight excluding hydrogens is 462 g/mol. The zero-order valence-corrected chi connectivity index (χ0v) is 20.4. The van der Waals surface area contributed by atoms with Crippen LogP contribution in [0, 0.1) is 0 Å². The monoisotopic (exact) mass is 490 g/mol. The van der Waals surface area contributed by atoms with Gasteiger partial charge in [-0.2, -0.15) is 9.67 Å². The number of rotatable bonds is 8. The Morgan fingerprint density at radius 2 is 2.03 bits per heavy atom. The summed E-state index contributed by atoms with van der Waals surface area (Å²) < 4.78 is 22.5. The number of pyridine rings is 1. The van der Waals surface area contributed by atoms with Gasteiger partial charge >= 0.3 is 0 Å². The van der Waals surface area contributed by atoms with Crippen LogP contribution in [0.15, 0.2) is 47.2 Å². The van der Waals surface area contributed by atoms with E-state index in [-0.39, 0.29) is 6.29 Å². The van der Waals surface area contributed by atoms with Gasteiger partial charge in [-0.1, -0.05) is 35.6 Å². The van der Waals surface area contributed by atoms with Gasteiger partial charge in [0.25, 0.3) is 0 Å². The van der Waals surface area contributed by atoms with Crippen LogP contribution in [0.4, 0.5) is 0 Å². The van der Waals surface area contributed by atoms with Crippen molar-refractivity contribution >= 4 is 34.9 Å². The number of benzene rings is 1. The first-order valence-corrected chi connectivity index (χ1v) is 14.8. The highest BCUT2D eigenvalue weighted by Gasteiger charge is 2.27. The van der Waals surface area contributed by atoms with E-state index in [0.717, 1.165) is 33.7 Å². The van der Waals surface area contributed by atoms with E-state index in [2.05, 4.69) is 69.6 Å². The van der Waals surface area contributed by atoms with E-state index in [1.54, 1.807) is 0 Å². The fraction of sp³-hybridized carbons (Fsp3) is 0.455. The Morgan fingerprint density at radius 1 is 1.23 bits per heavy atom. The van der Waals surface area contributed by atoms with Gasteiger partial charge in [-0.05, 0) is 24.2 Å². The highest BCUT2D eigenvalue weighted by molar-refractivity contribution is 9.10. The first-order chi connectivity index (χ1) is 14.4. The molecule has 0 radical (unpaired) electrons. The van der Waals surface area contributed by atoms with Crippen LogP contribution in [-0.2, 0) is 27.5 Å². The molecule has 0 unspecified atom stereocenters. The van der Waals surface area contributed by atoms with Crippen molar-refractivity contribution in [3.63, 3.8) is 0 Å². The quantitative estimate of drug-likeness (QED) is 0.265. The number of hydrogen-bond acceptors (Lipinski definition) is 4. The summed E-state index contributed by atoms with van der Waals surface area (Å²) in [6.07, 6.45) is 3.65.